The third-order valence-electron chi connectivity index (χ3n) is 4.64. The SMILES string of the molecule is CN1C(C)(C)CC(OC(=O)c2cc(F)ccc2I)C1(C)C. The quantitative estimate of drug-likeness (QED) is 0.553. The Morgan fingerprint density at radius 2 is 2.00 bits per heavy atom. The van der Waals surface area contributed by atoms with E-state index in [1.165, 1.54) is 12.1 Å². The van der Waals surface area contributed by atoms with Crippen LogP contribution in [0.4, 0.5) is 4.39 Å². The normalized spacial score (nSPS) is 24.0. The number of hydrogen-bond donors (Lipinski definition) is 0. The third-order valence-corrected chi connectivity index (χ3v) is 5.58. The fraction of sp³-hybridized carbons (Fsp3) is 0.562. The first-order valence-electron chi connectivity index (χ1n) is 6.95. The predicted molar refractivity (Wildman–Crippen MR) is 88.9 cm³/mol. The average Bonchev–Trinajstić information content (AvgIpc) is 2.53. The van der Waals surface area contributed by atoms with Crippen LogP contribution in [0.15, 0.2) is 18.2 Å². The molecule has 1 aromatic carbocycles. The number of ether oxygens (including phenoxy) is 1. The second kappa shape index (κ2) is 5.50. The molecule has 2 rings (SSSR count). The first-order chi connectivity index (χ1) is 9.55. The summed E-state index contributed by atoms with van der Waals surface area (Å²) in [5.74, 6) is -0.881. The Morgan fingerprint density at radius 1 is 1.38 bits per heavy atom. The number of likely N-dealkylation sites (N-methyl/N-ethyl adjacent to an activating group) is 1. The van der Waals surface area contributed by atoms with Crippen molar-refractivity contribution in [1.29, 1.82) is 0 Å². The van der Waals surface area contributed by atoms with Crippen molar-refractivity contribution in [2.24, 2.45) is 0 Å². The smallest absolute Gasteiger partial charge is 0.339 e. The van der Waals surface area contributed by atoms with E-state index in [0.29, 0.717) is 9.13 Å². The Hall–Kier alpha value is -0.690. The number of esters is 1. The zero-order valence-electron chi connectivity index (χ0n) is 13.0. The topological polar surface area (TPSA) is 29.5 Å². The van der Waals surface area contributed by atoms with Gasteiger partial charge in [0.25, 0.3) is 0 Å². The summed E-state index contributed by atoms with van der Waals surface area (Å²) in [6.45, 7) is 8.40. The lowest BCUT2D eigenvalue weighted by Crippen LogP contribution is -2.48. The van der Waals surface area contributed by atoms with Crippen LogP contribution in [-0.4, -0.2) is 35.1 Å². The van der Waals surface area contributed by atoms with Gasteiger partial charge >= 0.3 is 5.97 Å². The van der Waals surface area contributed by atoms with Gasteiger partial charge in [0.15, 0.2) is 0 Å². The molecule has 1 saturated heterocycles. The minimum absolute atomic E-state index is 0.0382. The van der Waals surface area contributed by atoms with Crippen molar-refractivity contribution in [3.63, 3.8) is 0 Å². The van der Waals surface area contributed by atoms with E-state index in [2.05, 4.69) is 32.6 Å². The van der Waals surface area contributed by atoms with Crippen molar-refractivity contribution < 1.29 is 13.9 Å². The highest BCUT2D eigenvalue weighted by Crippen LogP contribution is 2.41. The van der Waals surface area contributed by atoms with E-state index in [-0.39, 0.29) is 17.2 Å². The maximum atomic E-state index is 13.3. The molecule has 116 valence electrons. The number of halogens is 2. The Bertz CT molecular complexity index is 571. The van der Waals surface area contributed by atoms with Gasteiger partial charge in [-0.25, -0.2) is 9.18 Å². The standard InChI is InChI=1S/C16H21FINO2/c1-15(2)9-13(16(3,4)19(15)5)21-14(20)11-8-10(17)6-7-12(11)18/h6-8,13H,9H2,1-5H3. The van der Waals surface area contributed by atoms with Gasteiger partial charge in [-0.15, -0.1) is 0 Å². The van der Waals surface area contributed by atoms with E-state index in [9.17, 15) is 9.18 Å². The van der Waals surface area contributed by atoms with Gasteiger partial charge in [0, 0.05) is 15.5 Å². The molecular formula is C16H21FINO2. The summed E-state index contributed by atoms with van der Waals surface area (Å²) < 4.78 is 19.7. The van der Waals surface area contributed by atoms with Crippen LogP contribution < -0.4 is 0 Å². The molecule has 0 radical (unpaired) electrons. The molecule has 1 fully saturated rings. The summed E-state index contributed by atoms with van der Waals surface area (Å²) >= 11 is 2.02. The highest BCUT2D eigenvalue weighted by molar-refractivity contribution is 14.1. The summed E-state index contributed by atoms with van der Waals surface area (Å²) in [7, 11) is 2.04. The number of likely N-dealkylation sites (tertiary alicyclic amines) is 1. The first-order valence-corrected chi connectivity index (χ1v) is 8.03. The van der Waals surface area contributed by atoms with E-state index >= 15 is 0 Å². The zero-order valence-corrected chi connectivity index (χ0v) is 15.2. The summed E-state index contributed by atoms with van der Waals surface area (Å²) in [5.41, 5.74) is 0.000300. The van der Waals surface area contributed by atoms with Gasteiger partial charge in [0.05, 0.1) is 11.1 Å². The molecule has 5 heteroatoms. The minimum Gasteiger partial charge on any atom is -0.457 e. The molecule has 1 aliphatic heterocycles. The van der Waals surface area contributed by atoms with Crippen LogP contribution in [-0.2, 0) is 4.74 Å². The molecule has 1 unspecified atom stereocenters. The molecule has 21 heavy (non-hydrogen) atoms. The lowest BCUT2D eigenvalue weighted by Gasteiger charge is -2.37. The van der Waals surface area contributed by atoms with Gasteiger partial charge in [-0.2, -0.15) is 0 Å². The van der Waals surface area contributed by atoms with Gasteiger partial charge in [-0.05, 0) is 75.5 Å². The van der Waals surface area contributed by atoms with Gasteiger partial charge < -0.3 is 4.74 Å². The number of carbonyl (C=O) groups is 1. The molecule has 0 saturated carbocycles. The second-order valence-electron chi connectivity index (χ2n) is 6.75. The van der Waals surface area contributed by atoms with Crippen molar-refractivity contribution in [1.82, 2.24) is 4.90 Å². The Kier molecular flexibility index (Phi) is 4.37. The molecule has 1 aromatic rings. The number of rotatable bonds is 2. The van der Waals surface area contributed by atoms with E-state index < -0.39 is 11.8 Å². The van der Waals surface area contributed by atoms with Crippen LogP contribution in [0.3, 0.4) is 0 Å². The van der Waals surface area contributed by atoms with Crippen molar-refractivity contribution >= 4 is 28.6 Å². The van der Waals surface area contributed by atoms with E-state index in [1.54, 1.807) is 6.07 Å². The molecule has 0 aliphatic carbocycles. The van der Waals surface area contributed by atoms with Crippen LogP contribution in [0.1, 0.15) is 44.5 Å². The average molecular weight is 405 g/mol. The summed E-state index contributed by atoms with van der Waals surface area (Å²) in [6.07, 6.45) is 0.540. The Balaban J connectivity index is 2.22. The molecular weight excluding hydrogens is 384 g/mol. The van der Waals surface area contributed by atoms with Crippen LogP contribution in [0.25, 0.3) is 0 Å². The second-order valence-corrected chi connectivity index (χ2v) is 7.91. The van der Waals surface area contributed by atoms with E-state index in [0.717, 1.165) is 6.42 Å². The monoisotopic (exact) mass is 405 g/mol. The molecule has 0 N–H and O–H groups in total. The minimum atomic E-state index is -0.455. The maximum Gasteiger partial charge on any atom is 0.339 e. The van der Waals surface area contributed by atoms with Crippen molar-refractivity contribution in [3.8, 4) is 0 Å². The van der Waals surface area contributed by atoms with Crippen LogP contribution in [0.5, 0.6) is 0 Å². The van der Waals surface area contributed by atoms with Crippen molar-refractivity contribution in [2.45, 2.75) is 51.3 Å². The van der Waals surface area contributed by atoms with Gasteiger partial charge in [0.1, 0.15) is 11.9 Å². The maximum absolute atomic E-state index is 13.3. The number of benzene rings is 1. The third kappa shape index (κ3) is 3.08. The van der Waals surface area contributed by atoms with Crippen LogP contribution in [0.2, 0.25) is 0 Å². The van der Waals surface area contributed by atoms with Gasteiger partial charge in [-0.1, -0.05) is 0 Å². The lowest BCUT2D eigenvalue weighted by atomic mass is 9.97. The molecule has 0 aromatic heterocycles. The predicted octanol–water partition coefficient (Wildman–Crippen LogP) is 3.85. The summed E-state index contributed by atoms with van der Waals surface area (Å²) in [4.78, 5) is 14.6. The first kappa shape index (κ1) is 16.7. The fourth-order valence-electron chi connectivity index (χ4n) is 2.87. The van der Waals surface area contributed by atoms with Gasteiger partial charge in [-0.3, -0.25) is 4.90 Å². The molecule has 0 amide bonds. The number of nitrogens with zero attached hydrogens (tertiary/aromatic N) is 1. The van der Waals surface area contributed by atoms with E-state index in [1.807, 2.05) is 29.6 Å². The lowest BCUT2D eigenvalue weighted by molar-refractivity contribution is 0.00143. The Labute approximate surface area is 139 Å². The highest BCUT2D eigenvalue weighted by Gasteiger charge is 2.51. The number of carbonyl (C=O) groups excluding carboxylic acids is 1. The molecule has 1 aliphatic rings. The number of hydrogen-bond acceptors (Lipinski definition) is 3. The van der Waals surface area contributed by atoms with Gasteiger partial charge in [0.2, 0.25) is 0 Å². The highest BCUT2D eigenvalue weighted by atomic mass is 127. The van der Waals surface area contributed by atoms with Crippen LogP contribution in [0, 0.1) is 9.39 Å². The largest absolute Gasteiger partial charge is 0.457 e. The fourth-order valence-corrected chi connectivity index (χ4v) is 3.42. The van der Waals surface area contributed by atoms with Crippen LogP contribution >= 0.6 is 22.6 Å². The summed E-state index contributed by atoms with van der Waals surface area (Å²) in [6, 6.07) is 4.16. The molecule has 0 spiro atoms. The zero-order chi connectivity index (χ0) is 16.0. The van der Waals surface area contributed by atoms with Crippen molar-refractivity contribution in [3.05, 3.63) is 33.1 Å². The summed E-state index contributed by atoms with van der Waals surface area (Å²) in [5, 5.41) is 0. The van der Waals surface area contributed by atoms with Crippen molar-refractivity contribution in [2.75, 3.05) is 7.05 Å². The molecule has 3 nitrogen and oxygen atoms in total. The molecule has 0 bridgehead atoms. The Morgan fingerprint density at radius 3 is 2.52 bits per heavy atom. The molecule has 1 atom stereocenters. The molecule has 1 heterocycles. The van der Waals surface area contributed by atoms with E-state index in [4.69, 9.17) is 4.74 Å².